The van der Waals surface area contributed by atoms with E-state index in [0.29, 0.717) is 27.7 Å². The number of rotatable bonds is 6. The molecule has 0 amide bonds. The number of oxime groups is 1. The second-order valence-corrected chi connectivity index (χ2v) is 11.7. The Bertz CT molecular complexity index is 1260. The molecule has 0 aromatic heterocycles. The van der Waals surface area contributed by atoms with E-state index in [1.54, 1.807) is 12.1 Å². The molecular weight excluding hydrogens is 493 g/mol. The molecule has 0 heterocycles. The van der Waals surface area contributed by atoms with Gasteiger partial charge >= 0.3 is 5.97 Å². The highest BCUT2D eigenvalue weighted by Crippen LogP contribution is 2.57. The number of hydrogen-bond donors (Lipinski definition) is 1. The third kappa shape index (κ3) is 4.53. The number of benzene rings is 2. The second kappa shape index (κ2) is 10.1. The summed E-state index contributed by atoms with van der Waals surface area (Å²) in [4.78, 5) is 17.9. The van der Waals surface area contributed by atoms with Crippen LogP contribution >= 0.6 is 23.2 Å². The maximum Gasteiger partial charge on any atom is 0.309 e. The van der Waals surface area contributed by atoms with Gasteiger partial charge in [0.1, 0.15) is 5.71 Å². The van der Waals surface area contributed by atoms with Crippen molar-refractivity contribution in [1.29, 1.82) is 0 Å². The molecule has 190 valence electrons. The zero-order chi connectivity index (χ0) is 26.3. The van der Waals surface area contributed by atoms with Crippen LogP contribution in [0.1, 0.15) is 87.1 Å². The molecule has 3 atom stereocenters. The van der Waals surface area contributed by atoms with Gasteiger partial charge in [-0.05, 0) is 90.8 Å². The lowest BCUT2D eigenvalue weighted by molar-refractivity contribution is -0.157. The highest BCUT2D eigenvalue weighted by molar-refractivity contribution is 6.38. The molecule has 4 nitrogen and oxygen atoms in total. The average Bonchev–Trinajstić information content (AvgIpc) is 2.81. The van der Waals surface area contributed by atoms with Crippen LogP contribution < -0.4 is 0 Å². The third-order valence-electron chi connectivity index (χ3n) is 8.38. The van der Waals surface area contributed by atoms with Crippen molar-refractivity contribution in [3.8, 4) is 12.3 Å². The van der Waals surface area contributed by atoms with E-state index < -0.39 is 11.4 Å². The minimum Gasteiger partial charge on any atom is -0.481 e. The van der Waals surface area contributed by atoms with Gasteiger partial charge in [-0.15, -0.1) is 6.42 Å². The van der Waals surface area contributed by atoms with Crippen molar-refractivity contribution in [2.24, 2.45) is 16.5 Å². The molecular formula is C30H33Cl2NO3. The molecule has 4 rings (SSSR count). The number of aliphatic carboxylic acids is 1. The molecule has 2 aromatic carbocycles. The van der Waals surface area contributed by atoms with E-state index in [9.17, 15) is 9.90 Å². The van der Waals surface area contributed by atoms with Crippen LogP contribution in [0.4, 0.5) is 0 Å². The van der Waals surface area contributed by atoms with Gasteiger partial charge in [0, 0.05) is 16.1 Å². The average molecular weight is 527 g/mol. The second-order valence-electron chi connectivity index (χ2n) is 10.9. The lowest BCUT2D eigenvalue weighted by atomic mass is 9.49. The van der Waals surface area contributed by atoms with E-state index in [-0.39, 0.29) is 23.9 Å². The summed E-state index contributed by atoms with van der Waals surface area (Å²) in [5.74, 6) is 2.04. The summed E-state index contributed by atoms with van der Waals surface area (Å²) in [6.07, 6.45) is 9.70. The molecule has 36 heavy (non-hydrogen) atoms. The van der Waals surface area contributed by atoms with Crippen molar-refractivity contribution < 1.29 is 14.7 Å². The Hall–Kier alpha value is -2.48. The first-order valence-electron chi connectivity index (χ1n) is 12.5. The summed E-state index contributed by atoms with van der Waals surface area (Å²) in [5.41, 5.74) is 4.88. The molecule has 0 radical (unpaired) electrons. The summed E-state index contributed by atoms with van der Waals surface area (Å²) in [6, 6.07) is 9.82. The minimum atomic E-state index is -0.742. The largest absolute Gasteiger partial charge is 0.481 e. The maximum atomic E-state index is 12.4. The van der Waals surface area contributed by atoms with Crippen molar-refractivity contribution in [2.75, 3.05) is 6.61 Å². The highest BCUT2D eigenvalue weighted by Gasteiger charge is 2.55. The molecule has 1 N–H and O–H groups in total. The van der Waals surface area contributed by atoms with Crippen LogP contribution in [0.3, 0.4) is 0 Å². The fourth-order valence-corrected chi connectivity index (χ4v) is 7.03. The predicted octanol–water partition coefficient (Wildman–Crippen LogP) is 7.61. The molecule has 1 saturated carbocycles. The zero-order valence-corrected chi connectivity index (χ0v) is 22.8. The molecule has 0 aliphatic heterocycles. The molecule has 0 unspecified atom stereocenters. The van der Waals surface area contributed by atoms with E-state index in [1.165, 1.54) is 11.1 Å². The van der Waals surface area contributed by atoms with Crippen molar-refractivity contribution in [2.45, 2.75) is 71.1 Å². The fraction of sp³-hybridized carbons (Fsp3) is 0.467. The van der Waals surface area contributed by atoms with Gasteiger partial charge in [0.2, 0.25) is 0 Å². The van der Waals surface area contributed by atoms with Gasteiger partial charge in [-0.25, -0.2) is 0 Å². The molecule has 0 spiro atoms. The monoisotopic (exact) mass is 525 g/mol. The Morgan fingerprint density at radius 2 is 1.97 bits per heavy atom. The molecule has 0 bridgehead atoms. The van der Waals surface area contributed by atoms with Crippen molar-refractivity contribution >= 4 is 34.9 Å². The smallest absolute Gasteiger partial charge is 0.309 e. The van der Waals surface area contributed by atoms with Gasteiger partial charge in [-0.1, -0.05) is 67.5 Å². The van der Waals surface area contributed by atoms with Crippen molar-refractivity contribution in [3.63, 3.8) is 0 Å². The van der Waals surface area contributed by atoms with Crippen LogP contribution in [-0.2, 0) is 21.5 Å². The number of fused-ring (bicyclic) bond motifs is 3. The topological polar surface area (TPSA) is 58.9 Å². The first-order valence-corrected chi connectivity index (χ1v) is 13.3. The van der Waals surface area contributed by atoms with Crippen LogP contribution in [0.25, 0.3) is 0 Å². The quantitative estimate of drug-likeness (QED) is 0.182. The van der Waals surface area contributed by atoms with Crippen LogP contribution in [0, 0.1) is 23.7 Å². The lowest BCUT2D eigenvalue weighted by Crippen LogP contribution is -2.52. The Kier molecular flexibility index (Phi) is 7.47. The lowest BCUT2D eigenvalue weighted by Gasteiger charge is -2.53. The van der Waals surface area contributed by atoms with Crippen molar-refractivity contribution in [1.82, 2.24) is 0 Å². The van der Waals surface area contributed by atoms with Crippen LogP contribution in [-0.4, -0.2) is 23.4 Å². The Balaban J connectivity index is 1.95. The third-order valence-corrected chi connectivity index (χ3v) is 8.93. The number of nitrogens with zero attached hydrogens (tertiary/aromatic N) is 1. The van der Waals surface area contributed by atoms with Gasteiger partial charge in [0.05, 0.1) is 10.4 Å². The first kappa shape index (κ1) is 26.6. The summed E-state index contributed by atoms with van der Waals surface area (Å²) < 4.78 is 0. The fourth-order valence-electron chi connectivity index (χ4n) is 6.53. The maximum absolute atomic E-state index is 12.4. The molecule has 1 fully saturated rings. The molecule has 2 aliphatic rings. The van der Waals surface area contributed by atoms with Crippen LogP contribution in [0.15, 0.2) is 35.5 Å². The number of halogens is 2. The standard InChI is InChI=1S/C30H33Cl2NO3/c1-6-14-36-33-27(21-10-9-20(31)16-25(21)32)23-17-24-19(15-22(23)18(2)3)8-11-26-29(24,4)12-7-13-30(26,5)28(34)35/h1,9-10,15-18,26H,7-8,11-14H2,2-5H3,(H,34,35)/t26-,29-,30-/m1/s1. The van der Waals surface area contributed by atoms with Gasteiger partial charge in [-0.2, -0.15) is 0 Å². The van der Waals surface area contributed by atoms with Crippen LogP contribution in [0.2, 0.25) is 10.0 Å². The summed E-state index contributed by atoms with van der Waals surface area (Å²) in [7, 11) is 0. The normalized spacial score (nSPS) is 25.6. The Labute approximate surface area is 224 Å². The van der Waals surface area contributed by atoms with Gasteiger partial charge < -0.3 is 9.94 Å². The highest BCUT2D eigenvalue weighted by atomic mass is 35.5. The zero-order valence-electron chi connectivity index (χ0n) is 21.3. The number of hydrogen-bond acceptors (Lipinski definition) is 3. The predicted molar refractivity (Wildman–Crippen MR) is 146 cm³/mol. The van der Waals surface area contributed by atoms with Gasteiger partial charge in [-0.3, -0.25) is 4.79 Å². The minimum absolute atomic E-state index is 0.0351. The molecule has 2 aromatic rings. The van der Waals surface area contributed by atoms with Crippen molar-refractivity contribution in [3.05, 3.63) is 68.2 Å². The van der Waals surface area contributed by atoms with E-state index in [4.69, 9.17) is 34.5 Å². The van der Waals surface area contributed by atoms with E-state index >= 15 is 0 Å². The summed E-state index contributed by atoms with van der Waals surface area (Å²) >= 11 is 12.8. The number of terminal acetylenes is 1. The van der Waals surface area contributed by atoms with Gasteiger partial charge in [0.25, 0.3) is 0 Å². The molecule has 6 heteroatoms. The number of carboxylic acid groups (broad SMARTS) is 1. The summed E-state index contributed by atoms with van der Waals surface area (Å²) in [6.45, 7) is 8.52. The number of carboxylic acids is 1. The molecule has 0 saturated heterocycles. The molecule has 2 aliphatic carbocycles. The van der Waals surface area contributed by atoms with E-state index in [1.807, 2.05) is 13.0 Å². The van der Waals surface area contributed by atoms with Crippen LogP contribution in [0.5, 0.6) is 0 Å². The Morgan fingerprint density at radius 1 is 1.22 bits per heavy atom. The van der Waals surface area contributed by atoms with E-state index in [0.717, 1.165) is 36.8 Å². The van der Waals surface area contributed by atoms with E-state index in [2.05, 4.69) is 44.0 Å². The Morgan fingerprint density at radius 3 is 2.61 bits per heavy atom. The summed E-state index contributed by atoms with van der Waals surface area (Å²) in [5, 5.41) is 15.7. The SMILES string of the molecule is C#CCON=C(c1ccc(Cl)cc1Cl)c1cc2c(cc1C(C)C)CC[C@H]1[C@](C)(C(=O)O)CCC[C@]21C. The number of aryl methyl sites for hydroxylation is 1. The first-order chi connectivity index (χ1) is 17.0. The number of carbonyl (C=O) groups is 1. The van der Waals surface area contributed by atoms with Gasteiger partial charge in [0.15, 0.2) is 6.61 Å².